The highest BCUT2D eigenvalue weighted by Gasteiger charge is 2.13. The van der Waals surface area contributed by atoms with Crippen LogP contribution in [0.5, 0.6) is 0 Å². The van der Waals surface area contributed by atoms with Crippen molar-refractivity contribution in [2.24, 2.45) is 5.73 Å². The van der Waals surface area contributed by atoms with E-state index < -0.39 is 11.9 Å². The van der Waals surface area contributed by atoms with E-state index in [2.05, 4.69) is 15.2 Å². The Bertz CT molecular complexity index is 630. The molecular formula is C11H8N4O3S. The summed E-state index contributed by atoms with van der Waals surface area (Å²) in [5, 5.41) is 17.1. The number of rotatable bonds is 4. The molecule has 0 spiro atoms. The first-order valence-corrected chi connectivity index (χ1v) is 5.89. The fourth-order valence-electron chi connectivity index (χ4n) is 1.24. The first-order valence-electron chi connectivity index (χ1n) is 5.07. The van der Waals surface area contributed by atoms with Gasteiger partial charge >= 0.3 is 5.97 Å². The van der Waals surface area contributed by atoms with E-state index in [4.69, 9.17) is 10.8 Å². The Labute approximate surface area is 111 Å². The van der Waals surface area contributed by atoms with Crippen LogP contribution >= 0.6 is 11.8 Å². The zero-order valence-electron chi connectivity index (χ0n) is 9.48. The summed E-state index contributed by atoms with van der Waals surface area (Å²) in [6, 6.07) is 5.93. The van der Waals surface area contributed by atoms with Gasteiger partial charge in [-0.15, -0.1) is 10.2 Å². The molecule has 0 saturated heterocycles. The molecule has 0 aliphatic rings. The van der Waals surface area contributed by atoms with Crippen LogP contribution in [0.4, 0.5) is 0 Å². The second kappa shape index (κ2) is 5.44. The third-order valence-electron chi connectivity index (χ3n) is 2.10. The summed E-state index contributed by atoms with van der Waals surface area (Å²) < 4.78 is 0. The Balaban J connectivity index is 2.26. The average Bonchev–Trinajstić information content (AvgIpc) is 2.39. The minimum Gasteiger partial charge on any atom is -0.478 e. The van der Waals surface area contributed by atoms with Gasteiger partial charge in [-0.3, -0.25) is 4.79 Å². The van der Waals surface area contributed by atoms with Crippen LogP contribution in [-0.4, -0.2) is 32.2 Å². The predicted molar refractivity (Wildman–Crippen MR) is 65.9 cm³/mol. The van der Waals surface area contributed by atoms with Crippen molar-refractivity contribution in [1.82, 2.24) is 15.2 Å². The van der Waals surface area contributed by atoms with Gasteiger partial charge in [-0.2, -0.15) is 0 Å². The Morgan fingerprint density at radius 2 is 2.00 bits per heavy atom. The standard InChI is InChI=1S/C11H8N4O3S/c12-9(16)7-3-4-8(15-14-7)19-10-6(11(17)18)2-1-5-13-10/h1-5H,(H2,12,16)(H,17,18). The average molecular weight is 276 g/mol. The monoisotopic (exact) mass is 276 g/mol. The third-order valence-corrected chi connectivity index (χ3v) is 3.04. The number of primary amides is 1. The number of hydrogen-bond donors (Lipinski definition) is 2. The maximum Gasteiger partial charge on any atom is 0.338 e. The van der Waals surface area contributed by atoms with Crippen molar-refractivity contribution in [3.63, 3.8) is 0 Å². The molecule has 2 aromatic rings. The zero-order valence-corrected chi connectivity index (χ0v) is 10.3. The number of hydrogen-bond acceptors (Lipinski definition) is 6. The minimum absolute atomic E-state index is 0.0452. The molecular weight excluding hydrogens is 268 g/mol. The van der Waals surface area contributed by atoms with E-state index in [-0.39, 0.29) is 11.3 Å². The van der Waals surface area contributed by atoms with Gasteiger partial charge < -0.3 is 10.8 Å². The lowest BCUT2D eigenvalue weighted by Crippen LogP contribution is -2.13. The van der Waals surface area contributed by atoms with Crippen molar-refractivity contribution < 1.29 is 14.7 Å². The molecule has 1 amide bonds. The molecule has 2 heterocycles. The molecule has 2 rings (SSSR count). The maximum absolute atomic E-state index is 11.0. The highest BCUT2D eigenvalue weighted by atomic mass is 32.2. The van der Waals surface area contributed by atoms with Gasteiger partial charge in [0.1, 0.15) is 10.1 Å². The highest BCUT2D eigenvalue weighted by molar-refractivity contribution is 7.99. The number of carbonyl (C=O) groups is 2. The number of nitrogens with two attached hydrogens (primary N) is 1. The molecule has 2 aromatic heterocycles. The lowest BCUT2D eigenvalue weighted by molar-refractivity contribution is 0.0692. The van der Waals surface area contributed by atoms with Crippen LogP contribution in [0.3, 0.4) is 0 Å². The highest BCUT2D eigenvalue weighted by Crippen LogP contribution is 2.26. The number of amides is 1. The fraction of sp³-hybridized carbons (Fsp3) is 0. The molecule has 19 heavy (non-hydrogen) atoms. The second-order valence-corrected chi connectivity index (χ2v) is 4.39. The molecule has 8 heteroatoms. The van der Waals surface area contributed by atoms with Crippen LogP contribution in [0.25, 0.3) is 0 Å². The SMILES string of the molecule is NC(=O)c1ccc(Sc2ncccc2C(=O)O)nn1. The summed E-state index contributed by atoms with van der Waals surface area (Å²) in [5.41, 5.74) is 5.16. The van der Waals surface area contributed by atoms with Crippen molar-refractivity contribution in [3.05, 3.63) is 41.7 Å². The lowest BCUT2D eigenvalue weighted by atomic mass is 10.3. The van der Waals surface area contributed by atoms with Crippen LogP contribution in [0.15, 0.2) is 40.5 Å². The number of carbonyl (C=O) groups excluding carboxylic acids is 1. The number of carboxylic acids is 1. The minimum atomic E-state index is -1.07. The van der Waals surface area contributed by atoms with Crippen molar-refractivity contribution in [1.29, 1.82) is 0 Å². The van der Waals surface area contributed by atoms with Gasteiger partial charge in [-0.25, -0.2) is 9.78 Å². The van der Waals surface area contributed by atoms with Crippen LogP contribution in [-0.2, 0) is 0 Å². The van der Waals surface area contributed by atoms with Gasteiger partial charge in [0.25, 0.3) is 5.91 Å². The Morgan fingerprint density at radius 3 is 2.58 bits per heavy atom. The molecule has 0 radical (unpaired) electrons. The van der Waals surface area contributed by atoms with Gasteiger partial charge in [0.2, 0.25) is 0 Å². The van der Waals surface area contributed by atoms with E-state index in [1.165, 1.54) is 30.5 Å². The molecule has 0 bridgehead atoms. The van der Waals surface area contributed by atoms with Crippen molar-refractivity contribution in [2.75, 3.05) is 0 Å². The lowest BCUT2D eigenvalue weighted by Gasteiger charge is -2.03. The predicted octanol–water partition coefficient (Wildman–Crippen LogP) is 0.820. The summed E-state index contributed by atoms with van der Waals surface area (Å²) >= 11 is 1.05. The molecule has 7 nitrogen and oxygen atoms in total. The molecule has 0 aliphatic heterocycles. The smallest absolute Gasteiger partial charge is 0.338 e. The summed E-state index contributed by atoms with van der Waals surface area (Å²) in [7, 11) is 0. The second-order valence-electron chi connectivity index (χ2n) is 3.38. The van der Waals surface area contributed by atoms with Gasteiger partial charge in [0, 0.05) is 6.20 Å². The topological polar surface area (TPSA) is 119 Å². The quantitative estimate of drug-likeness (QED) is 0.848. The molecule has 0 atom stereocenters. The van der Waals surface area contributed by atoms with Gasteiger partial charge in [-0.1, -0.05) is 0 Å². The normalized spacial score (nSPS) is 10.1. The largest absolute Gasteiger partial charge is 0.478 e. The number of pyridine rings is 1. The third kappa shape index (κ3) is 3.05. The maximum atomic E-state index is 11.0. The van der Waals surface area contributed by atoms with Crippen LogP contribution in [0.1, 0.15) is 20.8 Å². The molecule has 96 valence electrons. The first-order chi connectivity index (χ1) is 9.08. The van der Waals surface area contributed by atoms with Crippen LogP contribution < -0.4 is 5.73 Å². The molecule has 0 saturated carbocycles. The van der Waals surface area contributed by atoms with E-state index in [9.17, 15) is 9.59 Å². The molecule has 0 fully saturated rings. The van der Waals surface area contributed by atoms with Crippen molar-refractivity contribution in [2.45, 2.75) is 10.1 Å². The van der Waals surface area contributed by atoms with E-state index in [1.54, 1.807) is 0 Å². The molecule has 0 aromatic carbocycles. The zero-order chi connectivity index (χ0) is 13.8. The first kappa shape index (κ1) is 13.0. The fourth-order valence-corrected chi connectivity index (χ4v) is 2.03. The van der Waals surface area contributed by atoms with Gasteiger partial charge in [-0.05, 0) is 36.0 Å². The molecule has 0 aliphatic carbocycles. The van der Waals surface area contributed by atoms with Crippen molar-refractivity contribution >= 4 is 23.6 Å². The summed E-state index contributed by atoms with van der Waals surface area (Å²) in [5.74, 6) is -1.74. The van der Waals surface area contributed by atoms with E-state index >= 15 is 0 Å². The van der Waals surface area contributed by atoms with E-state index in [1.807, 2.05) is 0 Å². The molecule has 0 unspecified atom stereocenters. The number of aromatic carboxylic acids is 1. The van der Waals surface area contributed by atoms with Gasteiger partial charge in [0.05, 0.1) is 5.56 Å². The Kier molecular flexibility index (Phi) is 3.71. The summed E-state index contributed by atoms with van der Waals surface area (Å²) in [6.07, 6.45) is 1.49. The van der Waals surface area contributed by atoms with Crippen LogP contribution in [0.2, 0.25) is 0 Å². The van der Waals surface area contributed by atoms with Crippen LogP contribution in [0, 0.1) is 0 Å². The summed E-state index contributed by atoms with van der Waals surface area (Å²) in [4.78, 5) is 25.8. The molecule has 3 N–H and O–H groups in total. The summed E-state index contributed by atoms with van der Waals surface area (Å²) in [6.45, 7) is 0. The Hall–Kier alpha value is -2.48. The number of carboxylic acid groups (broad SMARTS) is 1. The van der Waals surface area contributed by atoms with E-state index in [0.717, 1.165) is 11.8 Å². The Morgan fingerprint density at radius 1 is 1.21 bits per heavy atom. The van der Waals surface area contributed by atoms with Crippen molar-refractivity contribution in [3.8, 4) is 0 Å². The van der Waals surface area contributed by atoms with E-state index in [0.29, 0.717) is 10.1 Å². The number of nitrogens with zero attached hydrogens (tertiary/aromatic N) is 3. The van der Waals surface area contributed by atoms with Gasteiger partial charge in [0.15, 0.2) is 5.69 Å². The number of aromatic nitrogens is 3.